The third-order valence-corrected chi connectivity index (χ3v) is 2.21. The summed E-state index contributed by atoms with van der Waals surface area (Å²) in [6, 6.07) is 1.75. The molecule has 1 aromatic rings. The van der Waals surface area contributed by atoms with Crippen molar-refractivity contribution in [2.75, 3.05) is 13.1 Å². The van der Waals surface area contributed by atoms with E-state index in [-0.39, 0.29) is 12.0 Å². The van der Waals surface area contributed by atoms with Crippen molar-refractivity contribution in [1.82, 2.24) is 4.90 Å². The first kappa shape index (κ1) is 8.31. The lowest BCUT2D eigenvalue weighted by Crippen LogP contribution is -2.53. The van der Waals surface area contributed by atoms with Crippen LogP contribution in [0.2, 0.25) is 0 Å². The Bertz CT molecular complexity index is 325. The second-order valence-corrected chi connectivity index (χ2v) is 3.30. The van der Waals surface area contributed by atoms with Crippen LogP contribution in [0.1, 0.15) is 16.1 Å². The molecule has 1 aromatic heterocycles. The van der Waals surface area contributed by atoms with E-state index in [0.29, 0.717) is 18.8 Å². The molecule has 0 bridgehead atoms. The topological polar surface area (TPSA) is 53.7 Å². The average Bonchev–Trinajstić information content (AvgIpc) is 2.44. The number of nitrogens with zero attached hydrogens (tertiary/aromatic N) is 1. The molecule has 1 saturated heterocycles. The Morgan fingerprint density at radius 3 is 2.85 bits per heavy atom. The van der Waals surface area contributed by atoms with Crippen LogP contribution in [-0.4, -0.2) is 35.1 Å². The van der Waals surface area contributed by atoms with Crippen molar-refractivity contribution in [2.45, 2.75) is 13.0 Å². The molecule has 1 fully saturated rings. The van der Waals surface area contributed by atoms with E-state index in [1.165, 1.54) is 6.26 Å². The molecule has 1 aliphatic rings. The molecule has 1 aliphatic heterocycles. The lowest BCUT2D eigenvalue weighted by atomic mass is 10.1. The van der Waals surface area contributed by atoms with E-state index < -0.39 is 0 Å². The number of amides is 1. The molecule has 0 radical (unpaired) electrons. The van der Waals surface area contributed by atoms with Crippen molar-refractivity contribution in [3.63, 3.8) is 0 Å². The molecule has 4 nitrogen and oxygen atoms in total. The van der Waals surface area contributed by atoms with E-state index in [1.807, 2.05) is 6.92 Å². The quantitative estimate of drug-likeness (QED) is 0.682. The van der Waals surface area contributed by atoms with Gasteiger partial charge in [-0.05, 0) is 13.0 Å². The fraction of sp³-hybridized carbons (Fsp3) is 0.444. The summed E-state index contributed by atoms with van der Waals surface area (Å²) in [5.74, 6) is 0.250. The maximum Gasteiger partial charge on any atom is 0.290 e. The number of furan rings is 1. The Morgan fingerprint density at radius 2 is 2.38 bits per heavy atom. The van der Waals surface area contributed by atoms with Crippen molar-refractivity contribution in [1.29, 1.82) is 0 Å². The summed E-state index contributed by atoms with van der Waals surface area (Å²) >= 11 is 0. The summed E-state index contributed by atoms with van der Waals surface area (Å²) in [5, 5.41) is 9.01. The van der Waals surface area contributed by atoms with Gasteiger partial charge in [-0.15, -0.1) is 0 Å². The number of likely N-dealkylation sites (tertiary alicyclic amines) is 1. The fourth-order valence-electron chi connectivity index (χ4n) is 1.36. The zero-order valence-electron chi connectivity index (χ0n) is 7.36. The molecule has 0 aromatic carbocycles. The van der Waals surface area contributed by atoms with E-state index in [2.05, 4.69) is 0 Å². The van der Waals surface area contributed by atoms with Crippen LogP contribution in [0.25, 0.3) is 0 Å². The molecule has 0 atom stereocenters. The van der Waals surface area contributed by atoms with Crippen LogP contribution in [0.5, 0.6) is 0 Å². The van der Waals surface area contributed by atoms with Gasteiger partial charge < -0.3 is 14.4 Å². The van der Waals surface area contributed by atoms with Crippen molar-refractivity contribution in [2.24, 2.45) is 0 Å². The number of carbonyl (C=O) groups is 1. The molecule has 1 N–H and O–H groups in total. The van der Waals surface area contributed by atoms with Crippen molar-refractivity contribution in [3.05, 3.63) is 23.7 Å². The molecule has 2 rings (SSSR count). The summed E-state index contributed by atoms with van der Waals surface area (Å²) in [5.41, 5.74) is 0.839. The standard InChI is InChI=1S/C9H11NO3/c1-6-2-3-13-8(6)9(12)10-4-7(11)5-10/h2-3,7,11H,4-5H2,1H3. The first-order valence-electron chi connectivity index (χ1n) is 4.20. The Balaban J connectivity index is 2.10. The fourth-order valence-corrected chi connectivity index (χ4v) is 1.36. The number of β-amino-alcohol motifs (C(OH)–C–C–N with tert-alkyl or cyclic N) is 1. The molecule has 1 amide bonds. The Kier molecular flexibility index (Phi) is 1.84. The van der Waals surface area contributed by atoms with Crippen molar-refractivity contribution < 1.29 is 14.3 Å². The number of aliphatic hydroxyl groups excluding tert-OH is 1. The number of carbonyl (C=O) groups excluding carboxylic acids is 1. The minimum atomic E-state index is -0.362. The summed E-state index contributed by atoms with van der Waals surface area (Å²) in [6.07, 6.45) is 1.14. The third kappa shape index (κ3) is 1.33. The van der Waals surface area contributed by atoms with Crippen LogP contribution in [-0.2, 0) is 0 Å². The maximum absolute atomic E-state index is 11.6. The molecule has 0 spiro atoms. The SMILES string of the molecule is Cc1ccoc1C(=O)N1CC(O)C1. The van der Waals surface area contributed by atoms with Gasteiger partial charge in [0, 0.05) is 18.7 Å². The average molecular weight is 181 g/mol. The molecule has 0 unspecified atom stereocenters. The van der Waals surface area contributed by atoms with Gasteiger partial charge in [0.2, 0.25) is 0 Å². The predicted octanol–water partition coefficient (Wildman–Crippen LogP) is 0.405. The highest BCUT2D eigenvalue weighted by Gasteiger charge is 2.31. The van der Waals surface area contributed by atoms with Gasteiger partial charge in [-0.3, -0.25) is 4.79 Å². The van der Waals surface area contributed by atoms with Gasteiger partial charge in [0.25, 0.3) is 5.91 Å². The zero-order valence-corrected chi connectivity index (χ0v) is 7.36. The number of aryl methyl sites for hydroxylation is 1. The van der Waals surface area contributed by atoms with Crippen molar-refractivity contribution >= 4 is 5.91 Å². The van der Waals surface area contributed by atoms with E-state index >= 15 is 0 Å². The molecule has 0 saturated carbocycles. The van der Waals surface area contributed by atoms with Gasteiger partial charge in [0.05, 0.1) is 12.4 Å². The zero-order chi connectivity index (χ0) is 9.42. The van der Waals surface area contributed by atoms with Gasteiger partial charge in [0.15, 0.2) is 5.76 Å². The van der Waals surface area contributed by atoms with Gasteiger partial charge in [-0.1, -0.05) is 0 Å². The summed E-state index contributed by atoms with van der Waals surface area (Å²) in [6.45, 7) is 2.66. The van der Waals surface area contributed by atoms with Crippen LogP contribution in [0.15, 0.2) is 16.7 Å². The van der Waals surface area contributed by atoms with Crippen LogP contribution in [0.4, 0.5) is 0 Å². The maximum atomic E-state index is 11.6. The van der Waals surface area contributed by atoms with E-state index in [4.69, 9.17) is 9.52 Å². The molecular formula is C9H11NO3. The smallest absolute Gasteiger partial charge is 0.290 e. The van der Waals surface area contributed by atoms with E-state index in [9.17, 15) is 4.79 Å². The highest BCUT2D eigenvalue weighted by atomic mass is 16.3. The normalized spacial score (nSPS) is 17.2. The van der Waals surface area contributed by atoms with Gasteiger partial charge in [-0.25, -0.2) is 0 Å². The first-order valence-corrected chi connectivity index (χ1v) is 4.20. The number of aliphatic hydroxyl groups is 1. The minimum absolute atomic E-state index is 0.132. The molecule has 4 heteroatoms. The predicted molar refractivity (Wildman–Crippen MR) is 45.4 cm³/mol. The van der Waals surface area contributed by atoms with Crippen LogP contribution < -0.4 is 0 Å². The highest BCUT2D eigenvalue weighted by molar-refractivity contribution is 5.93. The van der Waals surface area contributed by atoms with Crippen LogP contribution in [0, 0.1) is 6.92 Å². The number of hydrogen-bond donors (Lipinski definition) is 1. The van der Waals surface area contributed by atoms with Gasteiger partial charge in [0.1, 0.15) is 0 Å². The highest BCUT2D eigenvalue weighted by Crippen LogP contribution is 2.16. The molecule has 13 heavy (non-hydrogen) atoms. The van der Waals surface area contributed by atoms with Crippen LogP contribution >= 0.6 is 0 Å². The van der Waals surface area contributed by atoms with Gasteiger partial charge >= 0.3 is 0 Å². The second-order valence-electron chi connectivity index (χ2n) is 3.30. The van der Waals surface area contributed by atoms with E-state index in [0.717, 1.165) is 5.56 Å². The minimum Gasteiger partial charge on any atom is -0.459 e. The summed E-state index contributed by atoms with van der Waals surface area (Å²) in [7, 11) is 0. The third-order valence-electron chi connectivity index (χ3n) is 2.21. The first-order chi connectivity index (χ1) is 6.18. The number of rotatable bonds is 1. The summed E-state index contributed by atoms with van der Waals surface area (Å²) < 4.78 is 5.05. The molecular weight excluding hydrogens is 170 g/mol. The molecule has 2 heterocycles. The van der Waals surface area contributed by atoms with Crippen molar-refractivity contribution in [3.8, 4) is 0 Å². The van der Waals surface area contributed by atoms with Gasteiger partial charge in [-0.2, -0.15) is 0 Å². The largest absolute Gasteiger partial charge is 0.459 e. The Labute approximate surface area is 75.8 Å². The second kappa shape index (κ2) is 2.88. The molecule has 70 valence electrons. The van der Waals surface area contributed by atoms with Crippen LogP contribution in [0.3, 0.4) is 0 Å². The Morgan fingerprint density at radius 1 is 1.69 bits per heavy atom. The molecule has 0 aliphatic carbocycles. The number of hydrogen-bond acceptors (Lipinski definition) is 3. The summed E-state index contributed by atoms with van der Waals surface area (Å²) in [4.78, 5) is 13.1. The monoisotopic (exact) mass is 181 g/mol. The Hall–Kier alpha value is -1.29. The van der Waals surface area contributed by atoms with E-state index in [1.54, 1.807) is 11.0 Å². The lowest BCUT2D eigenvalue weighted by molar-refractivity contribution is 0.00385. The lowest BCUT2D eigenvalue weighted by Gasteiger charge is -2.35.